The maximum absolute atomic E-state index is 12.4. The monoisotopic (exact) mass is 360 g/mol. The van der Waals surface area contributed by atoms with E-state index >= 15 is 0 Å². The van der Waals surface area contributed by atoms with Gasteiger partial charge in [0, 0.05) is 5.92 Å². The molecule has 1 fully saturated rings. The molecule has 7 nitrogen and oxygen atoms in total. The highest BCUT2D eigenvalue weighted by Gasteiger charge is 2.21. The van der Waals surface area contributed by atoms with Crippen LogP contribution in [0.15, 0.2) is 21.0 Å². The van der Waals surface area contributed by atoms with Crippen molar-refractivity contribution in [2.24, 2.45) is 5.92 Å². The lowest BCUT2D eigenvalue weighted by atomic mass is 9.99. The second-order valence-electron chi connectivity index (χ2n) is 7.55. The molecule has 1 aliphatic heterocycles. The van der Waals surface area contributed by atoms with E-state index in [9.17, 15) is 4.79 Å². The highest BCUT2D eigenvalue weighted by molar-refractivity contribution is 5.91. The average Bonchev–Trinajstić information content (AvgIpc) is 3.26. The fourth-order valence-electron chi connectivity index (χ4n) is 3.01. The van der Waals surface area contributed by atoms with Crippen LogP contribution in [-0.2, 0) is 6.54 Å². The Labute approximate surface area is 154 Å². The molecule has 0 aromatic carbocycles. The van der Waals surface area contributed by atoms with Crippen LogP contribution >= 0.6 is 0 Å². The molecule has 1 saturated heterocycles. The maximum atomic E-state index is 12.4. The molecule has 1 N–H and O–H groups in total. The van der Waals surface area contributed by atoms with Gasteiger partial charge < -0.3 is 14.2 Å². The molecular weight excluding hydrogens is 332 g/mol. The van der Waals surface area contributed by atoms with Gasteiger partial charge >= 0.3 is 0 Å². The van der Waals surface area contributed by atoms with Gasteiger partial charge in [0.1, 0.15) is 11.8 Å². The van der Waals surface area contributed by atoms with Gasteiger partial charge in [-0.25, -0.2) is 0 Å². The van der Waals surface area contributed by atoms with Gasteiger partial charge in [0.05, 0.1) is 6.54 Å². The van der Waals surface area contributed by atoms with E-state index in [1.165, 1.54) is 12.8 Å². The number of hydrogen-bond donors (Lipinski definition) is 1. The van der Waals surface area contributed by atoms with E-state index < -0.39 is 0 Å². The number of likely N-dealkylation sites (tertiary alicyclic amines) is 1. The number of nitrogens with zero attached hydrogens (tertiary/aromatic N) is 3. The first-order valence-electron chi connectivity index (χ1n) is 9.37. The molecule has 0 radical (unpaired) electrons. The van der Waals surface area contributed by atoms with Crippen molar-refractivity contribution in [1.29, 1.82) is 0 Å². The predicted molar refractivity (Wildman–Crippen MR) is 96.7 cm³/mol. The Hall–Kier alpha value is -2.15. The molecule has 1 atom stereocenters. The standard InChI is InChI=1S/C19H28N4O3/c1-12(2)18-21-22-19(26-18)14(4)20-17(24)16-6-5-15(25-16)11-23-9-7-13(3)8-10-23/h5-6,12-14H,7-11H2,1-4H3,(H,20,24). The quantitative estimate of drug-likeness (QED) is 0.848. The van der Waals surface area contributed by atoms with Crippen LogP contribution in [-0.4, -0.2) is 34.1 Å². The molecule has 0 spiro atoms. The largest absolute Gasteiger partial charge is 0.455 e. The zero-order valence-corrected chi connectivity index (χ0v) is 16.0. The van der Waals surface area contributed by atoms with Crippen LogP contribution in [0, 0.1) is 5.92 Å². The van der Waals surface area contributed by atoms with Crippen LogP contribution in [0.25, 0.3) is 0 Å². The minimum absolute atomic E-state index is 0.157. The zero-order valence-electron chi connectivity index (χ0n) is 16.0. The van der Waals surface area contributed by atoms with Crippen LogP contribution < -0.4 is 5.32 Å². The molecule has 0 aliphatic carbocycles. The molecule has 0 bridgehead atoms. The first-order chi connectivity index (χ1) is 12.4. The Morgan fingerprint density at radius 1 is 1.19 bits per heavy atom. The molecule has 0 saturated carbocycles. The molecule has 142 valence electrons. The second kappa shape index (κ2) is 8.03. The average molecular weight is 360 g/mol. The third-order valence-corrected chi connectivity index (χ3v) is 4.81. The summed E-state index contributed by atoms with van der Waals surface area (Å²) >= 11 is 0. The number of amides is 1. The van der Waals surface area contributed by atoms with Gasteiger partial charge in [0.25, 0.3) is 5.91 Å². The first-order valence-corrected chi connectivity index (χ1v) is 9.37. The molecule has 3 heterocycles. The molecule has 1 aliphatic rings. The Balaban J connectivity index is 1.55. The summed E-state index contributed by atoms with van der Waals surface area (Å²) in [7, 11) is 0. The molecule has 1 amide bonds. The number of aromatic nitrogens is 2. The van der Waals surface area contributed by atoms with Crippen molar-refractivity contribution in [3.63, 3.8) is 0 Å². The predicted octanol–water partition coefficient (Wildman–Crippen LogP) is 3.51. The van der Waals surface area contributed by atoms with E-state index in [4.69, 9.17) is 8.83 Å². The SMILES string of the molecule is CC1CCN(Cc2ccc(C(=O)NC(C)c3nnc(C(C)C)o3)o2)CC1. The van der Waals surface area contributed by atoms with Crippen LogP contribution in [0.2, 0.25) is 0 Å². The van der Waals surface area contributed by atoms with E-state index in [1.54, 1.807) is 6.07 Å². The van der Waals surface area contributed by atoms with Gasteiger partial charge in [-0.05, 0) is 50.9 Å². The van der Waals surface area contributed by atoms with Crippen molar-refractivity contribution in [1.82, 2.24) is 20.4 Å². The first kappa shape index (κ1) is 18.6. The molecular formula is C19H28N4O3. The highest BCUT2D eigenvalue weighted by Crippen LogP contribution is 2.20. The smallest absolute Gasteiger partial charge is 0.287 e. The summed E-state index contributed by atoms with van der Waals surface area (Å²) in [5.41, 5.74) is 0. The Kier molecular flexibility index (Phi) is 5.76. The number of piperidine rings is 1. The normalized spacial score (nSPS) is 17.6. The summed E-state index contributed by atoms with van der Waals surface area (Å²) in [4.78, 5) is 14.8. The topological polar surface area (TPSA) is 84.4 Å². The van der Waals surface area contributed by atoms with Gasteiger partial charge in [-0.15, -0.1) is 10.2 Å². The van der Waals surface area contributed by atoms with Crippen molar-refractivity contribution in [3.05, 3.63) is 35.4 Å². The summed E-state index contributed by atoms with van der Waals surface area (Å²) in [6, 6.07) is 3.22. The van der Waals surface area contributed by atoms with Crippen LogP contribution in [0.1, 0.15) is 80.6 Å². The number of furan rings is 1. The van der Waals surface area contributed by atoms with E-state index in [2.05, 4.69) is 27.3 Å². The molecule has 3 rings (SSSR count). The number of carbonyl (C=O) groups is 1. The lowest BCUT2D eigenvalue weighted by Gasteiger charge is -2.29. The lowest BCUT2D eigenvalue weighted by Crippen LogP contribution is -2.32. The third kappa shape index (κ3) is 4.52. The summed E-state index contributed by atoms with van der Waals surface area (Å²) in [6.45, 7) is 11.0. The molecule has 1 unspecified atom stereocenters. The molecule has 7 heteroatoms. The Morgan fingerprint density at radius 2 is 1.88 bits per heavy atom. The fourth-order valence-corrected chi connectivity index (χ4v) is 3.01. The van der Waals surface area contributed by atoms with Gasteiger partial charge in [-0.2, -0.15) is 0 Å². The van der Waals surface area contributed by atoms with E-state index in [-0.39, 0.29) is 17.9 Å². The summed E-state index contributed by atoms with van der Waals surface area (Å²) < 4.78 is 11.3. The Morgan fingerprint density at radius 3 is 2.54 bits per heavy atom. The van der Waals surface area contributed by atoms with Gasteiger partial charge in [-0.3, -0.25) is 9.69 Å². The Bertz CT molecular complexity index is 729. The summed E-state index contributed by atoms with van der Waals surface area (Å²) in [6.07, 6.45) is 2.43. The number of hydrogen-bond acceptors (Lipinski definition) is 6. The number of rotatable bonds is 6. The van der Waals surface area contributed by atoms with E-state index in [0.717, 1.165) is 31.3 Å². The summed E-state index contributed by atoms with van der Waals surface area (Å²) in [5.74, 6) is 2.77. The minimum atomic E-state index is -0.375. The van der Waals surface area contributed by atoms with Crippen molar-refractivity contribution in [3.8, 4) is 0 Å². The second-order valence-corrected chi connectivity index (χ2v) is 7.55. The summed E-state index contributed by atoms with van der Waals surface area (Å²) in [5, 5.41) is 10.8. The highest BCUT2D eigenvalue weighted by atomic mass is 16.4. The molecule has 2 aromatic rings. The van der Waals surface area contributed by atoms with Crippen molar-refractivity contribution in [2.45, 2.75) is 59.0 Å². The van der Waals surface area contributed by atoms with E-state index in [0.29, 0.717) is 17.5 Å². The maximum Gasteiger partial charge on any atom is 0.287 e. The molecule has 26 heavy (non-hydrogen) atoms. The number of nitrogens with one attached hydrogen (secondary N) is 1. The molecule has 2 aromatic heterocycles. The number of carbonyl (C=O) groups excluding carboxylic acids is 1. The van der Waals surface area contributed by atoms with Crippen molar-refractivity contribution >= 4 is 5.91 Å². The van der Waals surface area contributed by atoms with Gasteiger partial charge in [0.2, 0.25) is 11.8 Å². The third-order valence-electron chi connectivity index (χ3n) is 4.81. The van der Waals surface area contributed by atoms with Gasteiger partial charge in [0.15, 0.2) is 5.76 Å². The van der Waals surface area contributed by atoms with Crippen LogP contribution in [0.3, 0.4) is 0 Å². The fraction of sp³-hybridized carbons (Fsp3) is 0.632. The van der Waals surface area contributed by atoms with Crippen LogP contribution in [0.5, 0.6) is 0 Å². The van der Waals surface area contributed by atoms with Crippen molar-refractivity contribution < 1.29 is 13.6 Å². The van der Waals surface area contributed by atoms with E-state index in [1.807, 2.05) is 26.8 Å². The zero-order chi connectivity index (χ0) is 18.7. The van der Waals surface area contributed by atoms with Gasteiger partial charge in [-0.1, -0.05) is 20.8 Å². The lowest BCUT2D eigenvalue weighted by molar-refractivity contribution is 0.0900. The van der Waals surface area contributed by atoms with Crippen LogP contribution in [0.4, 0.5) is 0 Å². The minimum Gasteiger partial charge on any atom is -0.455 e. The van der Waals surface area contributed by atoms with Crippen molar-refractivity contribution in [2.75, 3.05) is 13.1 Å².